The fourth-order valence-electron chi connectivity index (χ4n) is 5.01. The van der Waals surface area contributed by atoms with Crippen molar-refractivity contribution in [3.63, 3.8) is 0 Å². The second kappa shape index (κ2) is 10.5. The van der Waals surface area contributed by atoms with Gasteiger partial charge in [0.25, 0.3) is 0 Å². The minimum atomic E-state index is -3.45. The smallest absolute Gasteiger partial charge is 0.227 e. The maximum atomic E-state index is 13.7. The summed E-state index contributed by atoms with van der Waals surface area (Å²) in [7, 11) is -0.166. The lowest BCUT2D eigenvalue weighted by Gasteiger charge is -2.38. The van der Waals surface area contributed by atoms with Crippen molar-refractivity contribution in [3.05, 3.63) is 54.1 Å². The molecule has 4 rings (SSSR count). The van der Waals surface area contributed by atoms with Crippen molar-refractivity contribution in [2.24, 2.45) is 5.92 Å². The van der Waals surface area contributed by atoms with Gasteiger partial charge in [0.15, 0.2) is 0 Å². The Morgan fingerprint density at radius 3 is 2.23 bits per heavy atom. The minimum Gasteiger partial charge on any atom is -0.497 e. The van der Waals surface area contributed by atoms with E-state index in [9.17, 15) is 13.2 Å². The van der Waals surface area contributed by atoms with Crippen LogP contribution in [0.15, 0.2) is 48.5 Å². The third-order valence-corrected chi connectivity index (χ3v) is 9.31. The molecule has 0 radical (unpaired) electrons. The van der Waals surface area contributed by atoms with Gasteiger partial charge >= 0.3 is 0 Å². The molecule has 0 spiro atoms. The fraction of sp³-hybridized carbons (Fsp3) is 0.500. The summed E-state index contributed by atoms with van der Waals surface area (Å²) in [5, 5.41) is -0.519. The summed E-state index contributed by atoms with van der Waals surface area (Å²) in [5.74, 6) is 0.984. The van der Waals surface area contributed by atoms with Crippen molar-refractivity contribution >= 4 is 21.6 Å². The van der Waals surface area contributed by atoms with Gasteiger partial charge in [-0.1, -0.05) is 30.3 Å². The van der Waals surface area contributed by atoms with Crippen LogP contribution in [0.25, 0.3) is 0 Å². The second-order valence-corrected chi connectivity index (χ2v) is 11.9. The number of anilines is 1. The molecular formula is C26H35N3O5S. The number of hydrogen-bond acceptors (Lipinski definition) is 6. The van der Waals surface area contributed by atoms with E-state index in [0.717, 1.165) is 22.7 Å². The van der Waals surface area contributed by atoms with E-state index in [4.69, 9.17) is 9.47 Å². The Morgan fingerprint density at radius 1 is 0.943 bits per heavy atom. The van der Waals surface area contributed by atoms with Crippen LogP contribution in [-0.2, 0) is 14.8 Å². The van der Waals surface area contributed by atoms with Crippen molar-refractivity contribution in [2.45, 2.75) is 25.0 Å². The number of sulfonamides is 1. The van der Waals surface area contributed by atoms with Crippen molar-refractivity contribution in [1.82, 2.24) is 9.21 Å². The molecule has 0 saturated carbocycles. The van der Waals surface area contributed by atoms with E-state index >= 15 is 0 Å². The van der Waals surface area contributed by atoms with Crippen LogP contribution < -0.4 is 14.4 Å². The summed E-state index contributed by atoms with van der Waals surface area (Å²) in [4.78, 5) is 17.8. The van der Waals surface area contributed by atoms with E-state index in [1.807, 2.05) is 53.4 Å². The Morgan fingerprint density at radius 2 is 1.63 bits per heavy atom. The van der Waals surface area contributed by atoms with Gasteiger partial charge < -0.3 is 19.3 Å². The zero-order chi connectivity index (χ0) is 25.2. The maximum Gasteiger partial charge on any atom is 0.227 e. The van der Waals surface area contributed by atoms with Gasteiger partial charge in [0.2, 0.25) is 15.9 Å². The third-order valence-electron chi connectivity index (χ3n) is 7.10. The molecule has 2 heterocycles. The van der Waals surface area contributed by atoms with Gasteiger partial charge in [-0.3, -0.25) is 4.79 Å². The zero-order valence-corrected chi connectivity index (χ0v) is 21.7. The highest BCUT2D eigenvalue weighted by Gasteiger charge is 2.45. The first-order valence-corrected chi connectivity index (χ1v) is 13.6. The fourth-order valence-corrected chi connectivity index (χ4v) is 6.34. The number of carbonyl (C=O) groups excluding carboxylic acids is 1. The number of nitrogens with zero attached hydrogens (tertiary/aromatic N) is 3. The quantitative estimate of drug-likeness (QED) is 0.581. The summed E-state index contributed by atoms with van der Waals surface area (Å²) in [6.45, 7) is 6.38. The lowest BCUT2D eigenvalue weighted by Crippen LogP contribution is -2.51. The molecule has 1 amide bonds. The molecule has 35 heavy (non-hydrogen) atoms. The number of piperazine rings is 1. The number of ether oxygens (including phenoxy) is 2. The van der Waals surface area contributed by atoms with E-state index < -0.39 is 21.2 Å². The second-order valence-electron chi connectivity index (χ2n) is 9.38. The molecular weight excluding hydrogens is 466 g/mol. The molecule has 8 nitrogen and oxygen atoms in total. The number of rotatable bonds is 7. The predicted molar refractivity (Wildman–Crippen MR) is 137 cm³/mol. The van der Waals surface area contributed by atoms with Gasteiger partial charge in [0, 0.05) is 51.3 Å². The van der Waals surface area contributed by atoms with Gasteiger partial charge in [0.05, 0.1) is 31.1 Å². The highest BCUT2D eigenvalue weighted by atomic mass is 32.2. The molecule has 0 aliphatic carbocycles. The standard InChI is InChI=1S/C26H35N3O5S/c1-19(2)35(31,32)29-17-22(20-8-6-5-7-9-20)23(18-29)26(30)28-14-12-27(13-15-28)24-16-21(33-3)10-11-25(24)34-4/h5-11,16,19,22-23H,12-15,17-18H2,1-4H3/t22?,23-/m1/s1. The topological polar surface area (TPSA) is 79.4 Å². The summed E-state index contributed by atoms with van der Waals surface area (Å²) in [6, 6.07) is 15.5. The molecule has 9 heteroatoms. The van der Waals surface area contributed by atoms with Gasteiger partial charge in [-0.05, 0) is 31.5 Å². The largest absolute Gasteiger partial charge is 0.497 e. The first-order chi connectivity index (χ1) is 16.8. The van der Waals surface area contributed by atoms with E-state index in [-0.39, 0.29) is 18.4 Å². The highest BCUT2D eigenvalue weighted by Crippen LogP contribution is 2.37. The van der Waals surface area contributed by atoms with Crippen LogP contribution in [-0.4, -0.2) is 82.3 Å². The Bertz CT molecular complexity index is 1130. The van der Waals surface area contributed by atoms with E-state index in [1.165, 1.54) is 4.31 Å². The average molecular weight is 502 g/mol. The van der Waals surface area contributed by atoms with E-state index in [0.29, 0.717) is 32.7 Å². The van der Waals surface area contributed by atoms with Gasteiger partial charge in [-0.25, -0.2) is 12.7 Å². The number of hydrogen-bond donors (Lipinski definition) is 0. The SMILES string of the molecule is COc1ccc(OC)c(N2CCN(C(=O)[C@@H]3CN(S(=O)(=O)C(C)C)CC3c3ccccc3)CC2)c1. The summed E-state index contributed by atoms with van der Waals surface area (Å²) >= 11 is 0. The van der Waals surface area contributed by atoms with Gasteiger partial charge in [-0.2, -0.15) is 0 Å². The van der Waals surface area contributed by atoms with Crippen molar-refractivity contribution in [2.75, 3.05) is 58.4 Å². The van der Waals surface area contributed by atoms with Crippen molar-refractivity contribution < 1.29 is 22.7 Å². The Hall–Kier alpha value is -2.78. The van der Waals surface area contributed by atoms with Crippen LogP contribution in [0, 0.1) is 5.92 Å². The van der Waals surface area contributed by atoms with Crippen LogP contribution in [0.3, 0.4) is 0 Å². The molecule has 2 aromatic carbocycles. The lowest BCUT2D eigenvalue weighted by molar-refractivity contribution is -0.135. The van der Waals surface area contributed by atoms with Gasteiger partial charge in [-0.15, -0.1) is 0 Å². The van der Waals surface area contributed by atoms with E-state index in [1.54, 1.807) is 28.1 Å². The highest BCUT2D eigenvalue weighted by molar-refractivity contribution is 7.89. The average Bonchev–Trinajstić information content (AvgIpc) is 3.35. The lowest BCUT2D eigenvalue weighted by atomic mass is 9.88. The van der Waals surface area contributed by atoms with Crippen molar-refractivity contribution in [1.29, 1.82) is 0 Å². The summed E-state index contributed by atoms with van der Waals surface area (Å²) in [5.41, 5.74) is 1.95. The Kier molecular flexibility index (Phi) is 7.56. The van der Waals surface area contributed by atoms with E-state index in [2.05, 4.69) is 4.90 Å². The van der Waals surface area contributed by atoms with Crippen LogP contribution in [0.1, 0.15) is 25.3 Å². The van der Waals surface area contributed by atoms with Crippen LogP contribution >= 0.6 is 0 Å². The summed E-state index contributed by atoms with van der Waals surface area (Å²) in [6.07, 6.45) is 0. The molecule has 0 aromatic heterocycles. The predicted octanol–water partition coefficient (Wildman–Crippen LogP) is 2.81. The first kappa shape index (κ1) is 25.3. The molecule has 190 valence electrons. The minimum absolute atomic E-state index is 0.0255. The first-order valence-electron chi connectivity index (χ1n) is 12.1. The number of methoxy groups -OCH3 is 2. The van der Waals surface area contributed by atoms with Crippen molar-refractivity contribution in [3.8, 4) is 11.5 Å². The molecule has 1 unspecified atom stereocenters. The monoisotopic (exact) mass is 501 g/mol. The molecule has 2 atom stereocenters. The zero-order valence-electron chi connectivity index (χ0n) is 20.9. The Labute approximate surface area is 208 Å². The molecule has 0 bridgehead atoms. The third kappa shape index (κ3) is 5.11. The normalized spacial score (nSPS) is 21.4. The molecule has 0 N–H and O–H groups in total. The molecule has 2 aliphatic rings. The Balaban J connectivity index is 1.51. The van der Waals surface area contributed by atoms with Crippen LogP contribution in [0.5, 0.6) is 11.5 Å². The maximum absolute atomic E-state index is 13.7. The summed E-state index contributed by atoms with van der Waals surface area (Å²) < 4.78 is 38.3. The number of benzene rings is 2. The number of amides is 1. The number of carbonyl (C=O) groups is 1. The van der Waals surface area contributed by atoms with Gasteiger partial charge in [0.1, 0.15) is 11.5 Å². The molecule has 2 aromatic rings. The molecule has 2 aliphatic heterocycles. The molecule has 2 saturated heterocycles. The van der Waals surface area contributed by atoms with Crippen LogP contribution in [0.2, 0.25) is 0 Å². The van der Waals surface area contributed by atoms with Crippen LogP contribution in [0.4, 0.5) is 5.69 Å². The molecule has 2 fully saturated rings.